The molecule has 1 aromatic rings. The lowest BCUT2D eigenvalue weighted by atomic mass is 10.0. The molecule has 2 N–H and O–H groups in total. The molecule has 0 atom stereocenters. The zero-order valence-electron chi connectivity index (χ0n) is 8.63. The summed E-state index contributed by atoms with van der Waals surface area (Å²) < 4.78 is 0. The Hall–Kier alpha value is -1.46. The fraction of sp³-hybridized carbons (Fsp3) is 0.250. The minimum absolute atomic E-state index is 0.529. The Kier molecular flexibility index (Phi) is 4.20. The van der Waals surface area contributed by atoms with Gasteiger partial charge in [-0.1, -0.05) is 37.1 Å². The Bertz CT molecular complexity index is 416. The first-order valence-electron chi connectivity index (χ1n) is 4.83. The SMILES string of the molecule is CCC/C(C#N)=C(/N)c1cccc(Cl)c1. The minimum Gasteiger partial charge on any atom is -0.397 e. The molecule has 2 nitrogen and oxygen atoms in total. The Morgan fingerprint density at radius 2 is 2.27 bits per heavy atom. The van der Waals surface area contributed by atoms with Gasteiger partial charge in [-0.15, -0.1) is 0 Å². The van der Waals surface area contributed by atoms with Crippen LogP contribution in [-0.4, -0.2) is 0 Å². The Morgan fingerprint density at radius 1 is 1.53 bits per heavy atom. The third-order valence-electron chi connectivity index (χ3n) is 2.10. The first kappa shape index (κ1) is 11.6. The molecule has 1 rings (SSSR count). The van der Waals surface area contributed by atoms with Crippen LogP contribution in [0.3, 0.4) is 0 Å². The number of nitriles is 1. The lowest BCUT2D eigenvalue weighted by molar-refractivity contribution is 0.929. The number of benzene rings is 1. The molecule has 0 radical (unpaired) electrons. The van der Waals surface area contributed by atoms with Crippen molar-refractivity contribution in [2.45, 2.75) is 19.8 Å². The maximum absolute atomic E-state index is 8.94. The average molecular weight is 221 g/mol. The highest BCUT2D eigenvalue weighted by Gasteiger charge is 2.04. The molecular formula is C12H13ClN2. The molecule has 0 aromatic heterocycles. The monoisotopic (exact) mass is 220 g/mol. The fourth-order valence-corrected chi connectivity index (χ4v) is 1.52. The van der Waals surface area contributed by atoms with Gasteiger partial charge in [-0.3, -0.25) is 0 Å². The molecule has 0 aliphatic carbocycles. The van der Waals surface area contributed by atoms with Crippen LogP contribution in [0.2, 0.25) is 5.02 Å². The predicted octanol–water partition coefficient (Wildman–Crippen LogP) is 3.33. The van der Waals surface area contributed by atoms with Crippen LogP contribution in [0, 0.1) is 11.3 Å². The lowest BCUT2D eigenvalue weighted by Gasteiger charge is -2.05. The van der Waals surface area contributed by atoms with E-state index in [0.717, 1.165) is 12.0 Å². The molecule has 3 heteroatoms. The fourth-order valence-electron chi connectivity index (χ4n) is 1.33. The zero-order valence-corrected chi connectivity index (χ0v) is 9.38. The molecule has 0 spiro atoms. The molecule has 15 heavy (non-hydrogen) atoms. The van der Waals surface area contributed by atoms with E-state index in [2.05, 4.69) is 6.07 Å². The van der Waals surface area contributed by atoms with Crippen LogP contribution >= 0.6 is 11.6 Å². The highest BCUT2D eigenvalue weighted by molar-refractivity contribution is 6.30. The molecule has 0 unspecified atom stereocenters. The van der Waals surface area contributed by atoms with E-state index in [4.69, 9.17) is 22.6 Å². The van der Waals surface area contributed by atoms with Crippen LogP contribution in [0.5, 0.6) is 0 Å². The third-order valence-corrected chi connectivity index (χ3v) is 2.33. The molecule has 1 aromatic carbocycles. The van der Waals surface area contributed by atoms with Crippen molar-refractivity contribution in [3.8, 4) is 6.07 Å². The Morgan fingerprint density at radius 3 is 2.80 bits per heavy atom. The van der Waals surface area contributed by atoms with Crippen molar-refractivity contribution >= 4 is 17.3 Å². The standard InChI is InChI=1S/C12H13ClN2/c1-2-4-10(8-14)12(15)9-5-3-6-11(13)7-9/h3,5-7H,2,4,15H2,1H3/b12-10-. The minimum atomic E-state index is 0.529. The van der Waals surface area contributed by atoms with Gasteiger partial charge in [0.05, 0.1) is 17.3 Å². The number of rotatable bonds is 3. The summed E-state index contributed by atoms with van der Waals surface area (Å²) in [4.78, 5) is 0. The van der Waals surface area contributed by atoms with Crippen LogP contribution in [0.25, 0.3) is 5.70 Å². The molecule has 0 heterocycles. The van der Waals surface area contributed by atoms with Crippen LogP contribution in [0.1, 0.15) is 25.3 Å². The normalized spacial score (nSPS) is 11.8. The van der Waals surface area contributed by atoms with E-state index in [1.54, 1.807) is 12.1 Å². The molecule has 0 fully saturated rings. The number of allylic oxidation sites excluding steroid dienone is 1. The molecular weight excluding hydrogens is 208 g/mol. The highest BCUT2D eigenvalue weighted by atomic mass is 35.5. The van der Waals surface area contributed by atoms with Crippen molar-refractivity contribution in [2.75, 3.05) is 0 Å². The average Bonchev–Trinajstić information content (AvgIpc) is 2.25. The zero-order chi connectivity index (χ0) is 11.3. The van der Waals surface area contributed by atoms with E-state index in [0.29, 0.717) is 22.7 Å². The quantitative estimate of drug-likeness (QED) is 0.795. The molecule has 0 saturated carbocycles. The van der Waals surface area contributed by atoms with Crippen molar-refractivity contribution < 1.29 is 0 Å². The molecule has 0 amide bonds. The van der Waals surface area contributed by atoms with Crippen LogP contribution < -0.4 is 5.73 Å². The summed E-state index contributed by atoms with van der Waals surface area (Å²) in [6.45, 7) is 2.02. The summed E-state index contributed by atoms with van der Waals surface area (Å²) in [5, 5.41) is 9.57. The summed E-state index contributed by atoms with van der Waals surface area (Å²) in [6, 6.07) is 9.36. The van der Waals surface area contributed by atoms with Crippen LogP contribution in [0.15, 0.2) is 29.8 Å². The predicted molar refractivity (Wildman–Crippen MR) is 63.1 cm³/mol. The maximum atomic E-state index is 8.94. The van der Waals surface area contributed by atoms with E-state index in [9.17, 15) is 0 Å². The van der Waals surface area contributed by atoms with Gasteiger partial charge in [0.2, 0.25) is 0 Å². The van der Waals surface area contributed by atoms with Gasteiger partial charge in [0.1, 0.15) is 0 Å². The van der Waals surface area contributed by atoms with Crippen molar-refractivity contribution in [2.24, 2.45) is 5.73 Å². The summed E-state index contributed by atoms with van der Waals surface area (Å²) in [5.74, 6) is 0. The summed E-state index contributed by atoms with van der Waals surface area (Å²) >= 11 is 5.85. The van der Waals surface area contributed by atoms with E-state index in [-0.39, 0.29) is 0 Å². The largest absolute Gasteiger partial charge is 0.397 e. The van der Waals surface area contributed by atoms with Gasteiger partial charge in [0.25, 0.3) is 0 Å². The summed E-state index contributed by atoms with van der Waals surface area (Å²) in [6.07, 6.45) is 1.61. The van der Waals surface area contributed by atoms with E-state index in [1.807, 2.05) is 19.1 Å². The van der Waals surface area contributed by atoms with Gasteiger partial charge < -0.3 is 5.73 Å². The molecule has 78 valence electrons. The van der Waals surface area contributed by atoms with Crippen molar-refractivity contribution in [1.29, 1.82) is 5.26 Å². The van der Waals surface area contributed by atoms with E-state index in [1.165, 1.54) is 0 Å². The number of hydrogen-bond donors (Lipinski definition) is 1. The topological polar surface area (TPSA) is 49.8 Å². The lowest BCUT2D eigenvalue weighted by Crippen LogP contribution is -2.00. The first-order chi connectivity index (χ1) is 7.19. The Labute approximate surface area is 95.0 Å². The van der Waals surface area contributed by atoms with Gasteiger partial charge in [-0.2, -0.15) is 5.26 Å². The van der Waals surface area contributed by atoms with Crippen molar-refractivity contribution in [1.82, 2.24) is 0 Å². The van der Waals surface area contributed by atoms with E-state index < -0.39 is 0 Å². The van der Waals surface area contributed by atoms with E-state index >= 15 is 0 Å². The number of hydrogen-bond acceptors (Lipinski definition) is 2. The number of nitrogens with zero attached hydrogens (tertiary/aromatic N) is 1. The van der Waals surface area contributed by atoms with Gasteiger partial charge in [-0.25, -0.2) is 0 Å². The van der Waals surface area contributed by atoms with Gasteiger partial charge in [0.15, 0.2) is 0 Å². The second-order valence-corrected chi connectivity index (χ2v) is 3.70. The number of nitrogens with two attached hydrogens (primary N) is 1. The molecule has 0 saturated heterocycles. The highest BCUT2D eigenvalue weighted by Crippen LogP contribution is 2.19. The maximum Gasteiger partial charge on any atom is 0.0968 e. The number of halogens is 1. The van der Waals surface area contributed by atoms with Crippen molar-refractivity contribution in [3.05, 3.63) is 40.4 Å². The summed E-state index contributed by atoms with van der Waals surface area (Å²) in [7, 11) is 0. The first-order valence-corrected chi connectivity index (χ1v) is 5.21. The molecule has 0 aliphatic heterocycles. The second kappa shape index (κ2) is 5.43. The molecule has 0 bridgehead atoms. The Balaban J connectivity index is 3.11. The van der Waals surface area contributed by atoms with Crippen LogP contribution in [-0.2, 0) is 0 Å². The molecule has 0 aliphatic rings. The smallest absolute Gasteiger partial charge is 0.0968 e. The third kappa shape index (κ3) is 3.00. The van der Waals surface area contributed by atoms with Gasteiger partial charge >= 0.3 is 0 Å². The van der Waals surface area contributed by atoms with Gasteiger partial charge in [-0.05, 0) is 24.1 Å². The summed E-state index contributed by atoms with van der Waals surface area (Å²) in [5.41, 5.74) is 7.87. The van der Waals surface area contributed by atoms with Crippen LogP contribution in [0.4, 0.5) is 0 Å². The second-order valence-electron chi connectivity index (χ2n) is 3.26. The van der Waals surface area contributed by atoms with Crippen molar-refractivity contribution in [3.63, 3.8) is 0 Å². The van der Waals surface area contributed by atoms with Gasteiger partial charge in [0, 0.05) is 5.02 Å².